The summed E-state index contributed by atoms with van der Waals surface area (Å²) in [6.45, 7) is 3.80. The molecule has 0 saturated heterocycles. The van der Waals surface area contributed by atoms with Gasteiger partial charge in [-0.05, 0) is 31.5 Å². The van der Waals surface area contributed by atoms with Gasteiger partial charge in [0.1, 0.15) is 6.42 Å². The molecule has 0 heterocycles. The summed E-state index contributed by atoms with van der Waals surface area (Å²) < 4.78 is 4.68. The number of esters is 1. The summed E-state index contributed by atoms with van der Waals surface area (Å²) in [5, 5.41) is 3.15. The van der Waals surface area contributed by atoms with Crippen molar-refractivity contribution in [2.24, 2.45) is 0 Å². The van der Waals surface area contributed by atoms with Crippen LogP contribution in [-0.4, -0.2) is 18.5 Å². The smallest absolute Gasteiger partial charge is 0.315 e. The Balaban J connectivity index is 2.62. The number of benzene rings is 1. The maximum Gasteiger partial charge on any atom is 0.315 e. The van der Waals surface area contributed by atoms with Gasteiger partial charge in [0.25, 0.3) is 0 Å². The van der Waals surface area contributed by atoms with Crippen molar-refractivity contribution >= 4 is 29.2 Å². The van der Waals surface area contributed by atoms with Crippen molar-refractivity contribution in [3.63, 3.8) is 0 Å². The van der Waals surface area contributed by atoms with E-state index in [9.17, 15) is 9.59 Å². The predicted molar refractivity (Wildman–Crippen MR) is 66.1 cm³/mol. The lowest BCUT2D eigenvalue weighted by atomic mass is 10.2. The Bertz CT molecular complexity index is 432. The van der Waals surface area contributed by atoms with Crippen LogP contribution in [0.15, 0.2) is 18.2 Å². The van der Waals surface area contributed by atoms with Crippen molar-refractivity contribution in [1.29, 1.82) is 0 Å². The molecule has 1 aromatic carbocycles. The van der Waals surface area contributed by atoms with Crippen LogP contribution in [0.3, 0.4) is 0 Å². The van der Waals surface area contributed by atoms with Crippen molar-refractivity contribution in [3.8, 4) is 0 Å². The largest absolute Gasteiger partial charge is 0.466 e. The normalized spacial score (nSPS) is 9.82. The van der Waals surface area contributed by atoms with Gasteiger partial charge in [-0.3, -0.25) is 9.59 Å². The van der Waals surface area contributed by atoms with Crippen LogP contribution >= 0.6 is 11.6 Å². The first kappa shape index (κ1) is 13.5. The summed E-state index contributed by atoms with van der Waals surface area (Å²) in [5.74, 6) is -0.946. The number of halogens is 1. The second kappa shape index (κ2) is 6.25. The third-order valence-electron chi connectivity index (χ3n) is 2.08. The molecule has 1 aromatic rings. The zero-order chi connectivity index (χ0) is 12.8. The zero-order valence-corrected chi connectivity index (χ0v) is 10.5. The molecule has 0 radical (unpaired) electrons. The van der Waals surface area contributed by atoms with Crippen molar-refractivity contribution < 1.29 is 14.3 Å². The Kier molecular flexibility index (Phi) is 4.97. The summed E-state index contributed by atoms with van der Waals surface area (Å²) in [4.78, 5) is 22.6. The number of hydrogen-bond donors (Lipinski definition) is 1. The van der Waals surface area contributed by atoms with Gasteiger partial charge in [0.2, 0.25) is 5.91 Å². The van der Waals surface area contributed by atoms with Crippen LogP contribution in [-0.2, 0) is 14.3 Å². The average molecular weight is 256 g/mol. The zero-order valence-electron chi connectivity index (χ0n) is 9.75. The highest BCUT2D eigenvalue weighted by atomic mass is 35.5. The average Bonchev–Trinajstić information content (AvgIpc) is 2.23. The molecule has 5 heteroatoms. The van der Waals surface area contributed by atoms with Gasteiger partial charge in [0, 0.05) is 10.7 Å². The molecule has 0 spiro atoms. The van der Waals surface area contributed by atoms with Gasteiger partial charge in [-0.2, -0.15) is 0 Å². The lowest BCUT2D eigenvalue weighted by molar-refractivity contribution is -0.145. The van der Waals surface area contributed by atoms with Crippen LogP contribution in [0.25, 0.3) is 0 Å². The molecule has 0 unspecified atom stereocenters. The van der Waals surface area contributed by atoms with E-state index in [1.54, 1.807) is 25.1 Å². The number of hydrogen-bond acceptors (Lipinski definition) is 3. The lowest BCUT2D eigenvalue weighted by Crippen LogP contribution is -2.18. The van der Waals surface area contributed by atoms with E-state index in [-0.39, 0.29) is 13.0 Å². The topological polar surface area (TPSA) is 55.4 Å². The quantitative estimate of drug-likeness (QED) is 0.664. The lowest BCUT2D eigenvalue weighted by Gasteiger charge is -2.08. The number of ether oxygens (including phenoxy) is 1. The standard InChI is InChI=1S/C12H14ClNO3/c1-3-17-12(16)7-11(15)14-10-6-9(13)5-4-8(10)2/h4-6H,3,7H2,1-2H3,(H,14,15). The van der Waals surface area contributed by atoms with E-state index in [1.165, 1.54) is 0 Å². The monoisotopic (exact) mass is 255 g/mol. The van der Waals surface area contributed by atoms with Crippen molar-refractivity contribution in [2.75, 3.05) is 11.9 Å². The van der Waals surface area contributed by atoms with Crippen LogP contribution in [0.2, 0.25) is 5.02 Å². The highest BCUT2D eigenvalue weighted by molar-refractivity contribution is 6.31. The highest BCUT2D eigenvalue weighted by Gasteiger charge is 2.11. The van der Waals surface area contributed by atoms with E-state index < -0.39 is 11.9 Å². The number of carbonyl (C=O) groups excluding carboxylic acids is 2. The SMILES string of the molecule is CCOC(=O)CC(=O)Nc1cc(Cl)ccc1C. The van der Waals surface area contributed by atoms with E-state index >= 15 is 0 Å². The molecule has 0 aliphatic carbocycles. The molecular weight excluding hydrogens is 242 g/mol. The molecule has 17 heavy (non-hydrogen) atoms. The second-order valence-corrected chi connectivity index (χ2v) is 3.93. The van der Waals surface area contributed by atoms with Gasteiger partial charge < -0.3 is 10.1 Å². The number of nitrogens with one attached hydrogen (secondary N) is 1. The Morgan fingerprint density at radius 3 is 2.76 bits per heavy atom. The molecule has 0 aromatic heterocycles. The van der Waals surface area contributed by atoms with Crippen molar-refractivity contribution in [1.82, 2.24) is 0 Å². The first-order valence-corrected chi connectivity index (χ1v) is 5.62. The van der Waals surface area contributed by atoms with Gasteiger partial charge >= 0.3 is 5.97 Å². The Labute approximate surface area is 105 Å². The fraction of sp³-hybridized carbons (Fsp3) is 0.333. The third kappa shape index (κ3) is 4.44. The second-order valence-electron chi connectivity index (χ2n) is 3.49. The molecule has 4 nitrogen and oxygen atoms in total. The van der Waals surface area contributed by atoms with E-state index in [4.69, 9.17) is 11.6 Å². The van der Waals surface area contributed by atoms with Gasteiger partial charge in [0.15, 0.2) is 0 Å². The summed E-state index contributed by atoms with van der Waals surface area (Å²) >= 11 is 5.81. The molecule has 1 amide bonds. The predicted octanol–water partition coefficient (Wildman–Crippen LogP) is 2.54. The third-order valence-corrected chi connectivity index (χ3v) is 2.32. The van der Waals surface area contributed by atoms with E-state index in [2.05, 4.69) is 10.1 Å². The number of rotatable bonds is 4. The van der Waals surface area contributed by atoms with Gasteiger partial charge in [-0.15, -0.1) is 0 Å². The minimum atomic E-state index is -0.537. The molecule has 0 aliphatic heterocycles. The molecule has 0 aliphatic rings. The Hall–Kier alpha value is -1.55. The van der Waals surface area contributed by atoms with Crippen molar-refractivity contribution in [2.45, 2.75) is 20.3 Å². The molecule has 1 N–H and O–H groups in total. The van der Waals surface area contributed by atoms with Gasteiger partial charge in [0.05, 0.1) is 6.61 Å². The molecule has 1 rings (SSSR count). The maximum absolute atomic E-state index is 11.5. The fourth-order valence-corrected chi connectivity index (χ4v) is 1.44. The Morgan fingerprint density at radius 2 is 2.12 bits per heavy atom. The van der Waals surface area contributed by atoms with E-state index in [0.717, 1.165) is 5.56 Å². The van der Waals surface area contributed by atoms with Crippen LogP contribution in [0.1, 0.15) is 18.9 Å². The van der Waals surface area contributed by atoms with Gasteiger partial charge in [-0.1, -0.05) is 17.7 Å². The van der Waals surface area contributed by atoms with Crippen LogP contribution in [0.4, 0.5) is 5.69 Å². The summed E-state index contributed by atoms with van der Waals surface area (Å²) in [6, 6.07) is 5.17. The molecule has 0 bridgehead atoms. The van der Waals surface area contributed by atoms with Crippen LogP contribution < -0.4 is 5.32 Å². The van der Waals surface area contributed by atoms with E-state index in [0.29, 0.717) is 10.7 Å². The number of carbonyl (C=O) groups is 2. The Morgan fingerprint density at radius 1 is 1.41 bits per heavy atom. The molecule has 92 valence electrons. The van der Waals surface area contributed by atoms with E-state index in [1.807, 2.05) is 6.92 Å². The van der Waals surface area contributed by atoms with Crippen LogP contribution in [0.5, 0.6) is 0 Å². The van der Waals surface area contributed by atoms with Crippen LogP contribution in [0, 0.1) is 6.92 Å². The first-order valence-electron chi connectivity index (χ1n) is 5.24. The first-order chi connectivity index (χ1) is 8.02. The summed E-state index contributed by atoms with van der Waals surface area (Å²) in [5.41, 5.74) is 1.48. The number of aryl methyl sites for hydroxylation is 1. The van der Waals surface area contributed by atoms with Gasteiger partial charge in [-0.25, -0.2) is 0 Å². The molecule has 0 atom stereocenters. The molecule has 0 saturated carbocycles. The summed E-state index contributed by atoms with van der Waals surface area (Å²) in [7, 11) is 0. The highest BCUT2D eigenvalue weighted by Crippen LogP contribution is 2.20. The molecule has 0 fully saturated rings. The minimum Gasteiger partial charge on any atom is -0.466 e. The fourth-order valence-electron chi connectivity index (χ4n) is 1.27. The maximum atomic E-state index is 11.5. The number of anilines is 1. The molecular formula is C12H14ClNO3. The van der Waals surface area contributed by atoms with Crippen molar-refractivity contribution in [3.05, 3.63) is 28.8 Å². The minimum absolute atomic E-state index is 0.266. The summed E-state index contributed by atoms with van der Waals surface area (Å²) in [6.07, 6.45) is -0.292. The number of amides is 1.